The monoisotopic (exact) mass is 374 g/mol. The number of rotatable bonds is 9. The second-order valence-electron chi connectivity index (χ2n) is 7.06. The van der Waals surface area contributed by atoms with E-state index in [2.05, 4.69) is 0 Å². The quantitative estimate of drug-likeness (QED) is 0.543. The van der Waals surface area contributed by atoms with Crippen molar-refractivity contribution in [1.82, 2.24) is 0 Å². The van der Waals surface area contributed by atoms with Gasteiger partial charge in [-0.25, -0.2) is 4.79 Å². The highest BCUT2D eigenvalue weighted by Crippen LogP contribution is 2.51. The maximum Gasteiger partial charge on any atom is 0.330 e. The molecule has 0 amide bonds. The van der Waals surface area contributed by atoms with Crippen LogP contribution in [-0.4, -0.2) is 36.7 Å². The molecule has 0 bridgehead atoms. The Bertz CT molecular complexity index is 395. The van der Waals surface area contributed by atoms with E-state index in [0.717, 1.165) is 25.7 Å². The molecule has 2 fully saturated rings. The van der Waals surface area contributed by atoms with E-state index in [1.807, 2.05) is 0 Å². The van der Waals surface area contributed by atoms with E-state index in [1.54, 1.807) is 23.5 Å². The summed E-state index contributed by atoms with van der Waals surface area (Å²) in [6, 6.07) is 0. The number of hydrogen-bond acceptors (Lipinski definition) is 4. The first-order valence-electron chi connectivity index (χ1n) is 9.33. The molecule has 2 aliphatic carbocycles. The molecule has 2 saturated carbocycles. The first kappa shape index (κ1) is 20.0. The first-order chi connectivity index (χ1) is 11.5. The van der Waals surface area contributed by atoms with Crippen molar-refractivity contribution in [2.45, 2.75) is 98.0 Å². The topological polar surface area (TPSA) is 74.6 Å². The molecule has 0 heterocycles. The molecule has 0 unspecified atom stereocenters. The summed E-state index contributed by atoms with van der Waals surface area (Å²) < 4.78 is -0.862. The van der Waals surface area contributed by atoms with Crippen LogP contribution in [0.5, 0.6) is 0 Å². The smallest absolute Gasteiger partial charge is 0.330 e. The van der Waals surface area contributed by atoms with Crippen LogP contribution >= 0.6 is 23.5 Å². The Morgan fingerprint density at radius 2 is 1.29 bits per heavy atom. The average Bonchev–Trinajstić information content (AvgIpc) is 2.56. The van der Waals surface area contributed by atoms with Gasteiger partial charge in [-0.3, -0.25) is 4.79 Å². The SMILES string of the molecule is O=C(O)CCCC(SC1CCCCC1)(SC1CCCCC1)C(=O)O. The van der Waals surface area contributed by atoms with Crippen molar-refractivity contribution >= 4 is 35.5 Å². The molecule has 6 heteroatoms. The van der Waals surface area contributed by atoms with E-state index in [0.29, 0.717) is 23.3 Å². The van der Waals surface area contributed by atoms with Gasteiger partial charge in [0.05, 0.1) is 0 Å². The minimum absolute atomic E-state index is 0.0610. The van der Waals surface area contributed by atoms with Gasteiger partial charge in [0.25, 0.3) is 0 Å². The van der Waals surface area contributed by atoms with E-state index in [9.17, 15) is 14.7 Å². The molecule has 0 aromatic heterocycles. The van der Waals surface area contributed by atoms with E-state index < -0.39 is 16.0 Å². The van der Waals surface area contributed by atoms with Crippen molar-refractivity contribution in [1.29, 1.82) is 0 Å². The van der Waals surface area contributed by atoms with Crippen molar-refractivity contribution in [3.05, 3.63) is 0 Å². The van der Waals surface area contributed by atoms with E-state index in [4.69, 9.17) is 5.11 Å². The van der Waals surface area contributed by atoms with Gasteiger partial charge in [0.15, 0.2) is 4.08 Å². The molecule has 2 N–H and O–H groups in total. The Morgan fingerprint density at radius 3 is 1.67 bits per heavy atom. The minimum atomic E-state index is -0.862. The molecule has 0 aliphatic heterocycles. The molecule has 24 heavy (non-hydrogen) atoms. The van der Waals surface area contributed by atoms with E-state index >= 15 is 0 Å². The van der Waals surface area contributed by atoms with Crippen LogP contribution in [0.2, 0.25) is 0 Å². The van der Waals surface area contributed by atoms with Crippen LogP contribution < -0.4 is 0 Å². The van der Waals surface area contributed by atoms with Crippen molar-refractivity contribution in [3.8, 4) is 0 Å². The average molecular weight is 375 g/mol. The Hall–Kier alpha value is -0.360. The van der Waals surface area contributed by atoms with Crippen LogP contribution in [0.4, 0.5) is 0 Å². The molecule has 4 nitrogen and oxygen atoms in total. The Labute approximate surface area is 153 Å². The molecule has 0 spiro atoms. The lowest BCUT2D eigenvalue weighted by molar-refractivity contribution is -0.139. The summed E-state index contributed by atoms with van der Waals surface area (Å²) in [6.07, 6.45) is 12.6. The molecular weight excluding hydrogens is 344 g/mol. The summed E-state index contributed by atoms with van der Waals surface area (Å²) in [5.41, 5.74) is 0. The van der Waals surface area contributed by atoms with Gasteiger partial charge in [0.2, 0.25) is 0 Å². The first-order valence-corrected chi connectivity index (χ1v) is 11.1. The standard InChI is InChI=1S/C18H30O4S2/c19-16(20)12-7-13-18(17(21)22,23-14-8-3-1-4-9-14)24-15-10-5-2-6-11-15/h14-15H,1-13H2,(H,19,20)(H,21,22). The Kier molecular flexibility index (Phi) is 8.28. The predicted octanol–water partition coefficient (Wildman–Crippen LogP) is 5.15. The molecule has 2 rings (SSSR count). The maximum atomic E-state index is 12.3. The number of hydrogen-bond donors (Lipinski definition) is 2. The van der Waals surface area contributed by atoms with Gasteiger partial charge in [-0.1, -0.05) is 38.5 Å². The van der Waals surface area contributed by atoms with Gasteiger partial charge >= 0.3 is 11.9 Å². The largest absolute Gasteiger partial charge is 0.481 e. The summed E-state index contributed by atoms with van der Waals surface area (Å²) in [7, 11) is 0. The highest BCUT2D eigenvalue weighted by Gasteiger charge is 2.44. The maximum absolute atomic E-state index is 12.3. The van der Waals surface area contributed by atoms with Crippen LogP contribution in [0, 0.1) is 0 Å². The Balaban J connectivity index is 2.07. The minimum Gasteiger partial charge on any atom is -0.481 e. The molecule has 0 saturated heterocycles. The zero-order valence-corrected chi connectivity index (χ0v) is 16.0. The van der Waals surface area contributed by atoms with E-state index in [1.165, 1.54) is 38.5 Å². The van der Waals surface area contributed by atoms with Crippen molar-refractivity contribution in [2.24, 2.45) is 0 Å². The van der Waals surface area contributed by atoms with Gasteiger partial charge in [0, 0.05) is 16.9 Å². The predicted molar refractivity (Wildman–Crippen MR) is 101 cm³/mol. The van der Waals surface area contributed by atoms with Gasteiger partial charge in [-0.15, -0.1) is 23.5 Å². The highest BCUT2D eigenvalue weighted by atomic mass is 32.2. The van der Waals surface area contributed by atoms with Gasteiger partial charge in [0.1, 0.15) is 0 Å². The highest BCUT2D eigenvalue weighted by molar-refractivity contribution is 8.19. The van der Waals surface area contributed by atoms with Crippen LogP contribution in [0.15, 0.2) is 0 Å². The van der Waals surface area contributed by atoms with Crippen LogP contribution in [0.25, 0.3) is 0 Å². The van der Waals surface area contributed by atoms with Crippen LogP contribution in [0.3, 0.4) is 0 Å². The lowest BCUT2D eigenvalue weighted by atomic mass is 10.0. The summed E-state index contributed by atoms with van der Waals surface area (Å²) in [4.78, 5) is 23.1. The zero-order valence-electron chi connectivity index (χ0n) is 14.4. The fourth-order valence-corrected chi connectivity index (χ4v) is 7.71. The van der Waals surface area contributed by atoms with Crippen molar-refractivity contribution < 1.29 is 19.8 Å². The third-order valence-electron chi connectivity index (χ3n) is 5.04. The van der Waals surface area contributed by atoms with Gasteiger partial charge in [-0.05, 0) is 38.5 Å². The number of thioether (sulfide) groups is 2. The van der Waals surface area contributed by atoms with Gasteiger partial charge < -0.3 is 10.2 Å². The summed E-state index contributed by atoms with van der Waals surface area (Å²) in [5.74, 6) is -1.58. The fourth-order valence-electron chi connectivity index (χ4n) is 3.73. The zero-order chi connectivity index (χ0) is 17.4. The number of carbonyl (C=O) groups is 2. The van der Waals surface area contributed by atoms with Crippen molar-refractivity contribution in [2.75, 3.05) is 0 Å². The molecule has 2 aliphatic rings. The number of carboxylic acids is 2. The summed E-state index contributed by atoms with van der Waals surface area (Å²) in [5, 5.41) is 19.8. The van der Waals surface area contributed by atoms with E-state index in [-0.39, 0.29) is 6.42 Å². The third-order valence-corrected chi connectivity index (χ3v) is 8.75. The third kappa shape index (κ3) is 6.17. The van der Waals surface area contributed by atoms with Crippen LogP contribution in [0.1, 0.15) is 83.5 Å². The molecule has 138 valence electrons. The van der Waals surface area contributed by atoms with Crippen LogP contribution in [-0.2, 0) is 9.59 Å². The molecule has 0 aromatic rings. The second-order valence-corrected chi connectivity index (χ2v) is 10.5. The molecular formula is C18H30O4S2. The lowest BCUT2D eigenvalue weighted by Crippen LogP contribution is -2.37. The summed E-state index contributed by atoms with van der Waals surface area (Å²) >= 11 is 3.27. The molecule has 0 aromatic carbocycles. The fraction of sp³-hybridized carbons (Fsp3) is 0.889. The number of carboxylic acid groups (broad SMARTS) is 2. The van der Waals surface area contributed by atoms with Gasteiger partial charge in [-0.2, -0.15) is 0 Å². The number of aliphatic carboxylic acids is 2. The van der Waals surface area contributed by atoms with Crippen molar-refractivity contribution in [3.63, 3.8) is 0 Å². The second kappa shape index (κ2) is 9.95. The molecule has 0 atom stereocenters. The lowest BCUT2D eigenvalue weighted by Gasteiger charge is -2.37. The Morgan fingerprint density at radius 1 is 0.833 bits per heavy atom. The summed E-state index contributed by atoms with van der Waals surface area (Å²) in [6.45, 7) is 0. The molecule has 0 radical (unpaired) electrons. The normalized spacial score (nSPS) is 20.8.